The number of carbonyl (C=O) groups is 1. The summed E-state index contributed by atoms with van der Waals surface area (Å²) in [4.78, 5) is 12.7. The number of phenolic OH excluding ortho intramolecular Hbond substituents is 2. The largest absolute Gasteiger partial charge is 0.508 e. The monoisotopic (exact) mass is 360 g/mol. The Hall–Kier alpha value is -3.47. The van der Waals surface area contributed by atoms with Gasteiger partial charge in [0.15, 0.2) is 5.60 Å². The first-order valence-corrected chi connectivity index (χ1v) is 8.62. The van der Waals surface area contributed by atoms with Crippen molar-refractivity contribution in [2.45, 2.75) is 19.4 Å². The van der Waals surface area contributed by atoms with Crippen LogP contribution < -0.4 is 4.74 Å². The van der Waals surface area contributed by atoms with E-state index in [0.29, 0.717) is 39.3 Å². The average Bonchev–Trinajstić information content (AvgIpc) is 2.96. The zero-order chi connectivity index (χ0) is 18.9. The van der Waals surface area contributed by atoms with Crippen LogP contribution in [0.25, 0.3) is 0 Å². The average molecular weight is 360 g/mol. The molecule has 0 aliphatic carbocycles. The molecule has 5 heteroatoms. The molecule has 3 aromatic carbocycles. The fraction of sp³-hybridized carbons (Fsp3) is 0.136. The van der Waals surface area contributed by atoms with E-state index in [1.54, 1.807) is 50.2 Å². The third-order valence-corrected chi connectivity index (χ3v) is 5.49. The minimum absolute atomic E-state index is 0.0859. The Kier molecular flexibility index (Phi) is 2.94. The molecule has 0 amide bonds. The number of hydrogen-bond donors (Lipinski definition) is 2. The lowest BCUT2D eigenvalue weighted by Crippen LogP contribution is -2.33. The minimum atomic E-state index is -1.19. The van der Waals surface area contributed by atoms with Crippen LogP contribution in [0.15, 0.2) is 48.5 Å². The molecule has 0 fully saturated rings. The molecular weight excluding hydrogens is 344 g/mol. The molecule has 0 atom stereocenters. The van der Waals surface area contributed by atoms with Crippen LogP contribution in [0, 0.1) is 13.8 Å². The summed E-state index contributed by atoms with van der Waals surface area (Å²) < 4.78 is 12.1. The fourth-order valence-electron chi connectivity index (χ4n) is 4.04. The zero-order valence-corrected chi connectivity index (χ0v) is 14.7. The molecule has 2 aliphatic rings. The van der Waals surface area contributed by atoms with Crippen molar-refractivity contribution in [2.24, 2.45) is 0 Å². The van der Waals surface area contributed by atoms with Crippen molar-refractivity contribution in [3.63, 3.8) is 0 Å². The summed E-state index contributed by atoms with van der Waals surface area (Å²) in [6.07, 6.45) is 0. The molecule has 5 rings (SSSR count). The number of carbonyl (C=O) groups excluding carboxylic acids is 1. The third kappa shape index (κ3) is 1.81. The highest BCUT2D eigenvalue weighted by molar-refractivity contribution is 5.97. The first-order chi connectivity index (χ1) is 12.9. The lowest BCUT2D eigenvalue weighted by atomic mass is 9.76. The van der Waals surface area contributed by atoms with Gasteiger partial charge in [0.2, 0.25) is 0 Å². The lowest BCUT2D eigenvalue weighted by molar-refractivity contribution is 0.0223. The molecule has 0 saturated heterocycles. The van der Waals surface area contributed by atoms with E-state index in [4.69, 9.17) is 9.47 Å². The normalized spacial score (nSPS) is 15.6. The zero-order valence-electron chi connectivity index (χ0n) is 14.7. The molecule has 27 heavy (non-hydrogen) atoms. The van der Waals surface area contributed by atoms with Crippen molar-refractivity contribution in [1.29, 1.82) is 0 Å². The topological polar surface area (TPSA) is 76.0 Å². The van der Waals surface area contributed by atoms with E-state index < -0.39 is 11.6 Å². The molecule has 0 saturated carbocycles. The molecule has 0 bridgehead atoms. The summed E-state index contributed by atoms with van der Waals surface area (Å²) in [5.41, 5.74) is 2.40. The first kappa shape index (κ1) is 15.8. The highest BCUT2D eigenvalue weighted by Crippen LogP contribution is 2.58. The van der Waals surface area contributed by atoms with Gasteiger partial charge < -0.3 is 19.7 Å². The van der Waals surface area contributed by atoms with Gasteiger partial charge in [0, 0.05) is 27.8 Å². The Morgan fingerprint density at radius 2 is 1.33 bits per heavy atom. The lowest BCUT2D eigenvalue weighted by Gasteiger charge is -2.37. The standard InChI is InChI=1S/C22H16O5/c1-11-17(23)9-7-15-19(11)26-20-12(2)18(24)10-8-16(20)22(15)14-6-4-3-5-13(14)21(25)27-22/h3-10,23-24H,1-2H3. The van der Waals surface area contributed by atoms with Crippen LogP contribution in [0.2, 0.25) is 0 Å². The van der Waals surface area contributed by atoms with Crippen molar-refractivity contribution >= 4 is 5.97 Å². The van der Waals surface area contributed by atoms with E-state index >= 15 is 0 Å². The maximum atomic E-state index is 12.7. The van der Waals surface area contributed by atoms with E-state index in [-0.39, 0.29) is 11.5 Å². The number of phenols is 2. The van der Waals surface area contributed by atoms with Crippen LogP contribution in [0.4, 0.5) is 0 Å². The van der Waals surface area contributed by atoms with Crippen LogP contribution in [0.5, 0.6) is 23.0 Å². The molecule has 2 heterocycles. The molecule has 2 aliphatic heterocycles. The second-order valence-electron chi connectivity index (χ2n) is 6.89. The van der Waals surface area contributed by atoms with Gasteiger partial charge in [-0.1, -0.05) is 18.2 Å². The predicted molar refractivity (Wildman–Crippen MR) is 97.5 cm³/mol. The number of rotatable bonds is 0. The Labute approximate surface area is 155 Å². The molecule has 2 N–H and O–H groups in total. The van der Waals surface area contributed by atoms with Crippen LogP contribution in [0.3, 0.4) is 0 Å². The van der Waals surface area contributed by atoms with Gasteiger partial charge >= 0.3 is 5.97 Å². The second kappa shape index (κ2) is 5.04. The highest BCUT2D eigenvalue weighted by Gasteiger charge is 2.54. The van der Waals surface area contributed by atoms with Crippen LogP contribution in [-0.2, 0) is 10.3 Å². The van der Waals surface area contributed by atoms with Gasteiger partial charge in [-0.15, -0.1) is 0 Å². The molecule has 1 spiro atoms. The van der Waals surface area contributed by atoms with E-state index in [0.717, 1.165) is 5.56 Å². The maximum absolute atomic E-state index is 12.7. The quantitative estimate of drug-likeness (QED) is 0.585. The van der Waals surface area contributed by atoms with Crippen LogP contribution in [0.1, 0.15) is 38.2 Å². The molecule has 0 aromatic heterocycles. The molecule has 5 nitrogen and oxygen atoms in total. The Bertz CT molecular complexity index is 1090. The van der Waals surface area contributed by atoms with Crippen LogP contribution in [-0.4, -0.2) is 16.2 Å². The Morgan fingerprint density at radius 3 is 1.93 bits per heavy atom. The number of hydrogen-bond acceptors (Lipinski definition) is 5. The summed E-state index contributed by atoms with van der Waals surface area (Å²) in [5, 5.41) is 20.4. The van der Waals surface area contributed by atoms with Gasteiger partial charge in [-0.2, -0.15) is 0 Å². The third-order valence-electron chi connectivity index (χ3n) is 5.49. The minimum Gasteiger partial charge on any atom is -0.508 e. The summed E-state index contributed by atoms with van der Waals surface area (Å²) >= 11 is 0. The molecule has 0 radical (unpaired) electrons. The van der Waals surface area contributed by atoms with Gasteiger partial charge in [0.1, 0.15) is 23.0 Å². The number of esters is 1. The number of aromatic hydroxyl groups is 2. The van der Waals surface area contributed by atoms with Crippen molar-refractivity contribution < 1.29 is 24.5 Å². The predicted octanol–water partition coefficient (Wildman–Crippen LogP) is 4.28. The van der Waals surface area contributed by atoms with Gasteiger partial charge in [-0.05, 0) is 44.2 Å². The van der Waals surface area contributed by atoms with Crippen molar-refractivity contribution in [3.05, 3.63) is 81.9 Å². The van der Waals surface area contributed by atoms with Crippen molar-refractivity contribution in [1.82, 2.24) is 0 Å². The summed E-state index contributed by atoms with van der Waals surface area (Å²) in [7, 11) is 0. The Morgan fingerprint density at radius 1 is 0.778 bits per heavy atom. The van der Waals surface area contributed by atoms with Gasteiger partial charge in [-0.3, -0.25) is 0 Å². The maximum Gasteiger partial charge on any atom is 0.340 e. The first-order valence-electron chi connectivity index (χ1n) is 8.62. The smallest absolute Gasteiger partial charge is 0.340 e. The van der Waals surface area contributed by atoms with Gasteiger partial charge in [-0.25, -0.2) is 4.79 Å². The number of ether oxygens (including phenoxy) is 2. The van der Waals surface area contributed by atoms with E-state index in [9.17, 15) is 15.0 Å². The van der Waals surface area contributed by atoms with Gasteiger partial charge in [0.25, 0.3) is 0 Å². The fourth-order valence-corrected chi connectivity index (χ4v) is 4.04. The van der Waals surface area contributed by atoms with Crippen LogP contribution >= 0.6 is 0 Å². The highest BCUT2D eigenvalue weighted by atomic mass is 16.6. The van der Waals surface area contributed by atoms with Crippen molar-refractivity contribution in [3.8, 4) is 23.0 Å². The molecule has 3 aromatic rings. The summed E-state index contributed by atoms with van der Waals surface area (Å²) in [6.45, 7) is 3.49. The SMILES string of the molecule is Cc1c(O)ccc2c1Oc1c(ccc(O)c1C)C21OC(=O)c2ccccc21. The van der Waals surface area contributed by atoms with E-state index in [1.807, 2.05) is 12.1 Å². The summed E-state index contributed by atoms with van der Waals surface area (Å²) in [5.74, 6) is 0.618. The Balaban J connectivity index is 1.96. The molecular formula is C22H16O5. The van der Waals surface area contributed by atoms with E-state index in [1.165, 1.54) is 0 Å². The number of fused-ring (bicyclic) bond motifs is 6. The second-order valence-corrected chi connectivity index (χ2v) is 6.89. The molecule has 134 valence electrons. The van der Waals surface area contributed by atoms with Gasteiger partial charge in [0.05, 0.1) is 5.56 Å². The van der Waals surface area contributed by atoms with Crippen molar-refractivity contribution in [2.75, 3.05) is 0 Å². The summed E-state index contributed by atoms with van der Waals surface area (Å²) in [6, 6.07) is 13.8. The van der Waals surface area contributed by atoms with E-state index in [2.05, 4.69) is 0 Å². The molecule has 0 unspecified atom stereocenters. The number of benzene rings is 3.